The number of amides is 2. The van der Waals surface area contributed by atoms with Gasteiger partial charge in [-0.05, 0) is 40.8 Å². The number of rotatable bonds is 3. The van der Waals surface area contributed by atoms with Crippen molar-refractivity contribution < 1.29 is 9.59 Å². The molecule has 2 heterocycles. The van der Waals surface area contributed by atoms with Gasteiger partial charge in [0.05, 0.1) is 0 Å². The fourth-order valence-electron chi connectivity index (χ4n) is 3.70. The summed E-state index contributed by atoms with van der Waals surface area (Å²) < 4.78 is 0. The summed E-state index contributed by atoms with van der Waals surface area (Å²) in [5, 5.41) is 1.78. The summed E-state index contributed by atoms with van der Waals surface area (Å²) in [4.78, 5) is 30.8. The first-order valence-electron chi connectivity index (χ1n) is 9.61. The summed E-state index contributed by atoms with van der Waals surface area (Å²) in [7, 11) is 0. The van der Waals surface area contributed by atoms with Gasteiger partial charge in [0.25, 0.3) is 0 Å². The lowest BCUT2D eigenvalue weighted by Crippen LogP contribution is -2.49. The Balaban J connectivity index is 1.57. The zero-order valence-electron chi connectivity index (χ0n) is 16.2. The quantitative estimate of drug-likeness (QED) is 0.662. The van der Waals surface area contributed by atoms with Crippen LogP contribution in [0, 0.1) is 0 Å². The Bertz CT molecular complexity index is 1090. The van der Waals surface area contributed by atoms with Gasteiger partial charge in [-0.2, -0.15) is 0 Å². The summed E-state index contributed by atoms with van der Waals surface area (Å²) in [6, 6.07) is 13.9. The number of nitrogens with zero attached hydrogens (tertiary/aromatic N) is 2. The van der Waals surface area contributed by atoms with Crippen LogP contribution in [-0.2, 0) is 9.59 Å². The first-order chi connectivity index (χ1) is 14.0. The molecule has 29 heavy (non-hydrogen) atoms. The molecule has 2 amide bonds. The fourth-order valence-corrected chi connectivity index (χ4v) is 3.99. The van der Waals surface area contributed by atoms with Crippen LogP contribution in [-0.4, -0.2) is 52.8 Å². The number of carbonyl (C=O) groups is 2. The molecule has 0 atom stereocenters. The van der Waals surface area contributed by atoms with Gasteiger partial charge in [0.15, 0.2) is 0 Å². The monoisotopic (exact) mass is 407 g/mol. The Hall–Kier alpha value is -3.05. The summed E-state index contributed by atoms with van der Waals surface area (Å²) in [5.74, 6) is -0.00538. The minimum absolute atomic E-state index is 0.0512. The summed E-state index contributed by atoms with van der Waals surface area (Å²) in [5.41, 5.74) is 3.82. The first-order valence-corrected chi connectivity index (χ1v) is 9.99. The molecular weight excluding hydrogens is 386 g/mol. The molecule has 1 aliphatic rings. The molecule has 3 aromatic rings. The van der Waals surface area contributed by atoms with Gasteiger partial charge in [-0.15, -0.1) is 0 Å². The van der Waals surface area contributed by atoms with Crippen molar-refractivity contribution in [2.24, 2.45) is 0 Å². The molecule has 0 unspecified atom stereocenters. The molecule has 0 aliphatic carbocycles. The minimum Gasteiger partial charge on any atom is -0.361 e. The van der Waals surface area contributed by atoms with Gasteiger partial charge in [0.2, 0.25) is 11.8 Å². The highest BCUT2D eigenvalue weighted by Crippen LogP contribution is 2.33. The van der Waals surface area contributed by atoms with E-state index >= 15 is 0 Å². The summed E-state index contributed by atoms with van der Waals surface area (Å²) >= 11 is 6.52. The van der Waals surface area contributed by atoms with Gasteiger partial charge in [-0.25, -0.2) is 0 Å². The van der Waals surface area contributed by atoms with Crippen molar-refractivity contribution in [3.8, 4) is 11.1 Å². The molecule has 1 saturated heterocycles. The van der Waals surface area contributed by atoms with Gasteiger partial charge in [0.1, 0.15) is 0 Å². The number of hydrogen-bond acceptors (Lipinski definition) is 2. The number of piperazine rings is 1. The molecule has 0 spiro atoms. The van der Waals surface area contributed by atoms with Crippen molar-refractivity contribution in [2.45, 2.75) is 6.92 Å². The minimum atomic E-state index is -0.0565. The highest BCUT2D eigenvalue weighted by Gasteiger charge is 2.21. The predicted molar refractivity (Wildman–Crippen MR) is 117 cm³/mol. The van der Waals surface area contributed by atoms with Crippen LogP contribution in [0.25, 0.3) is 28.1 Å². The number of benzene rings is 2. The number of hydrogen-bond donors (Lipinski definition) is 1. The number of aromatic nitrogens is 1. The molecule has 0 saturated carbocycles. The fraction of sp³-hybridized carbons (Fsp3) is 0.217. The highest BCUT2D eigenvalue weighted by atomic mass is 35.5. The second-order valence-electron chi connectivity index (χ2n) is 7.15. The molecule has 0 radical (unpaired) electrons. The van der Waals surface area contributed by atoms with E-state index in [1.165, 1.54) is 0 Å². The van der Waals surface area contributed by atoms with E-state index in [-0.39, 0.29) is 11.8 Å². The van der Waals surface area contributed by atoms with Crippen LogP contribution in [0.4, 0.5) is 0 Å². The maximum atomic E-state index is 12.6. The van der Waals surface area contributed by atoms with E-state index in [0.29, 0.717) is 31.2 Å². The Morgan fingerprint density at radius 3 is 2.55 bits per heavy atom. The third-order valence-corrected chi connectivity index (χ3v) is 5.65. The molecule has 1 aromatic heterocycles. The van der Waals surface area contributed by atoms with Crippen molar-refractivity contribution in [2.75, 3.05) is 26.2 Å². The smallest absolute Gasteiger partial charge is 0.246 e. The number of nitrogens with one attached hydrogen (secondary N) is 1. The number of H-pyrrole nitrogens is 1. The lowest BCUT2D eigenvalue weighted by Gasteiger charge is -2.33. The van der Waals surface area contributed by atoms with E-state index in [2.05, 4.69) is 17.1 Å². The Morgan fingerprint density at radius 2 is 1.79 bits per heavy atom. The maximum absolute atomic E-state index is 12.6. The molecule has 1 aliphatic heterocycles. The van der Waals surface area contributed by atoms with Crippen molar-refractivity contribution in [1.29, 1.82) is 0 Å². The first kappa shape index (κ1) is 19.3. The van der Waals surface area contributed by atoms with Crippen LogP contribution in [0.15, 0.2) is 54.7 Å². The van der Waals surface area contributed by atoms with Crippen LogP contribution >= 0.6 is 11.6 Å². The van der Waals surface area contributed by atoms with E-state index < -0.39 is 0 Å². The molecule has 1 fully saturated rings. The zero-order valence-corrected chi connectivity index (χ0v) is 16.9. The Labute approximate surface area is 174 Å². The van der Waals surface area contributed by atoms with Gasteiger partial charge in [-0.1, -0.05) is 35.9 Å². The second-order valence-corrected chi connectivity index (χ2v) is 7.56. The average molecular weight is 408 g/mol. The van der Waals surface area contributed by atoms with Crippen LogP contribution < -0.4 is 0 Å². The molecule has 5 nitrogen and oxygen atoms in total. The number of carbonyl (C=O) groups excluding carboxylic acids is 2. The lowest BCUT2D eigenvalue weighted by atomic mass is 9.98. The Kier molecular flexibility index (Phi) is 5.41. The number of fused-ring (bicyclic) bond motifs is 1. The Morgan fingerprint density at radius 1 is 1.03 bits per heavy atom. The standard InChI is InChI=1S/C23H22ClN3O2/c1-16(28)26-11-13-27(14-12-26)22(29)8-7-18-3-2-4-20(24)23(18)19-6-5-17-9-10-25-21(17)15-19/h2-10,15,25H,11-14H2,1H3/b8-7+. The summed E-state index contributed by atoms with van der Waals surface area (Å²) in [6.45, 7) is 3.81. The zero-order chi connectivity index (χ0) is 20.4. The topological polar surface area (TPSA) is 56.4 Å². The molecular formula is C23H22ClN3O2. The predicted octanol–water partition coefficient (Wildman–Crippen LogP) is 4.19. The average Bonchev–Trinajstić information content (AvgIpc) is 3.20. The van der Waals surface area contributed by atoms with E-state index in [9.17, 15) is 9.59 Å². The van der Waals surface area contributed by atoms with Gasteiger partial charge < -0.3 is 14.8 Å². The number of halogens is 1. The van der Waals surface area contributed by atoms with E-state index in [0.717, 1.165) is 27.6 Å². The summed E-state index contributed by atoms with van der Waals surface area (Å²) in [6.07, 6.45) is 5.32. The molecule has 148 valence electrons. The maximum Gasteiger partial charge on any atom is 0.246 e. The van der Waals surface area contributed by atoms with E-state index in [4.69, 9.17) is 11.6 Å². The van der Waals surface area contributed by atoms with Crippen LogP contribution in [0.5, 0.6) is 0 Å². The van der Waals surface area contributed by atoms with Crippen LogP contribution in [0.2, 0.25) is 5.02 Å². The largest absolute Gasteiger partial charge is 0.361 e. The SMILES string of the molecule is CC(=O)N1CCN(C(=O)/C=C/c2cccc(Cl)c2-c2ccc3cc[nH]c3c2)CC1. The normalized spacial score (nSPS) is 14.7. The van der Waals surface area contributed by atoms with Crippen LogP contribution in [0.1, 0.15) is 12.5 Å². The molecule has 1 N–H and O–H groups in total. The molecule has 4 rings (SSSR count). The van der Waals surface area contributed by atoms with Gasteiger partial charge in [-0.3, -0.25) is 9.59 Å². The van der Waals surface area contributed by atoms with Gasteiger partial charge >= 0.3 is 0 Å². The third kappa shape index (κ3) is 4.05. The molecule has 6 heteroatoms. The van der Waals surface area contributed by atoms with Gasteiger partial charge in [0, 0.05) is 61.5 Å². The van der Waals surface area contributed by atoms with Crippen molar-refractivity contribution in [3.63, 3.8) is 0 Å². The molecule has 0 bridgehead atoms. The van der Waals surface area contributed by atoms with Crippen molar-refractivity contribution in [1.82, 2.24) is 14.8 Å². The highest BCUT2D eigenvalue weighted by molar-refractivity contribution is 6.33. The molecule has 2 aromatic carbocycles. The van der Waals surface area contributed by atoms with E-state index in [1.807, 2.05) is 42.6 Å². The van der Waals surface area contributed by atoms with E-state index in [1.54, 1.807) is 22.8 Å². The van der Waals surface area contributed by atoms with Crippen LogP contribution in [0.3, 0.4) is 0 Å². The lowest BCUT2D eigenvalue weighted by molar-refractivity contribution is -0.135. The van der Waals surface area contributed by atoms with Crippen molar-refractivity contribution in [3.05, 3.63) is 65.3 Å². The number of aromatic amines is 1. The second kappa shape index (κ2) is 8.13. The third-order valence-electron chi connectivity index (χ3n) is 5.33. The van der Waals surface area contributed by atoms with Crippen molar-refractivity contribution >= 4 is 40.4 Å².